The minimum absolute atomic E-state index is 0.0652. The van der Waals surface area contributed by atoms with Gasteiger partial charge in [0.2, 0.25) is 0 Å². The third kappa shape index (κ3) is 5.22. The van der Waals surface area contributed by atoms with Crippen LogP contribution in [-0.4, -0.2) is 27.7 Å². The van der Waals surface area contributed by atoms with Crippen LogP contribution in [0.4, 0.5) is 0 Å². The maximum absolute atomic E-state index is 13.8. The number of carbonyl (C=O) groups is 1. The van der Waals surface area contributed by atoms with Crippen molar-refractivity contribution >= 4 is 17.5 Å². The Morgan fingerprint density at radius 3 is 2.26 bits per heavy atom. The van der Waals surface area contributed by atoms with Crippen molar-refractivity contribution in [3.8, 4) is 5.75 Å². The van der Waals surface area contributed by atoms with Gasteiger partial charge in [0.05, 0.1) is 19.6 Å². The number of rotatable bonds is 9. The lowest BCUT2D eigenvalue weighted by atomic mass is 9.90. The highest BCUT2D eigenvalue weighted by Gasteiger charge is 2.32. The number of methoxy groups -OCH3 is 1. The van der Waals surface area contributed by atoms with Crippen molar-refractivity contribution in [2.24, 2.45) is 5.92 Å². The number of ether oxygens (including phenoxy) is 1. The van der Waals surface area contributed by atoms with Gasteiger partial charge in [0.25, 0.3) is 0 Å². The first-order valence-corrected chi connectivity index (χ1v) is 10.9. The van der Waals surface area contributed by atoms with E-state index in [2.05, 4.69) is 34.3 Å². The fourth-order valence-corrected chi connectivity index (χ4v) is 4.76. The molecule has 0 aliphatic carbocycles. The summed E-state index contributed by atoms with van der Waals surface area (Å²) in [7, 11) is 1.62. The summed E-state index contributed by atoms with van der Waals surface area (Å²) < 4.78 is 6.98. The Hall–Kier alpha value is -3.38. The predicted octanol–water partition coefficient (Wildman–Crippen LogP) is 5.32. The Kier molecular flexibility index (Phi) is 6.79. The molecular formula is C25H23N3O2S. The summed E-state index contributed by atoms with van der Waals surface area (Å²) in [6.07, 6.45) is 3.15. The van der Waals surface area contributed by atoms with E-state index < -0.39 is 0 Å². The van der Waals surface area contributed by atoms with E-state index in [0.717, 1.165) is 16.2 Å². The minimum atomic E-state index is -0.345. The summed E-state index contributed by atoms with van der Waals surface area (Å²) in [5.41, 5.74) is 1.75. The second-order valence-corrected chi connectivity index (χ2v) is 8.29. The Morgan fingerprint density at radius 2 is 1.65 bits per heavy atom. The molecule has 0 radical (unpaired) electrons. The molecule has 5 nitrogen and oxygen atoms in total. The molecule has 2 atom stereocenters. The molecule has 3 aromatic carbocycles. The summed E-state index contributed by atoms with van der Waals surface area (Å²) in [4.78, 5) is 18.9. The highest BCUT2D eigenvalue weighted by Crippen LogP contribution is 2.42. The van der Waals surface area contributed by atoms with E-state index in [1.807, 2.05) is 60.7 Å². The smallest absolute Gasteiger partial charge is 0.169 e. The number of benzene rings is 3. The van der Waals surface area contributed by atoms with Gasteiger partial charge in [-0.2, -0.15) is 5.10 Å². The van der Waals surface area contributed by atoms with Crippen LogP contribution in [0.3, 0.4) is 0 Å². The third-order valence-corrected chi connectivity index (χ3v) is 6.46. The summed E-state index contributed by atoms with van der Waals surface area (Å²) in [5.74, 6) is 0.445. The summed E-state index contributed by atoms with van der Waals surface area (Å²) in [5, 5.41) is 4.17. The maximum atomic E-state index is 13.8. The average molecular weight is 430 g/mol. The van der Waals surface area contributed by atoms with Crippen molar-refractivity contribution < 1.29 is 9.53 Å². The van der Waals surface area contributed by atoms with Crippen LogP contribution in [0, 0.1) is 5.92 Å². The topological polar surface area (TPSA) is 57.0 Å². The Balaban J connectivity index is 1.74. The normalized spacial score (nSPS) is 12.8. The molecule has 0 N–H and O–H groups in total. The van der Waals surface area contributed by atoms with Crippen LogP contribution in [0.1, 0.15) is 21.2 Å². The summed E-state index contributed by atoms with van der Waals surface area (Å²) >= 11 is 1.70. The molecule has 0 spiro atoms. The van der Waals surface area contributed by atoms with Crippen LogP contribution in [0.25, 0.3) is 0 Å². The Morgan fingerprint density at radius 1 is 0.968 bits per heavy atom. The number of hydrogen-bond acceptors (Lipinski definition) is 5. The number of thioether (sulfide) groups is 1. The van der Waals surface area contributed by atoms with Gasteiger partial charge in [-0.3, -0.25) is 9.48 Å². The molecule has 4 aromatic rings. The van der Waals surface area contributed by atoms with E-state index in [1.165, 1.54) is 6.33 Å². The summed E-state index contributed by atoms with van der Waals surface area (Å²) in [6, 6.07) is 27.6. The van der Waals surface area contributed by atoms with Gasteiger partial charge in [-0.05, 0) is 42.0 Å². The monoisotopic (exact) mass is 429 g/mol. The van der Waals surface area contributed by atoms with E-state index >= 15 is 0 Å². The van der Waals surface area contributed by atoms with Crippen LogP contribution >= 0.6 is 11.8 Å². The van der Waals surface area contributed by atoms with E-state index in [9.17, 15) is 4.79 Å². The molecular weight excluding hydrogens is 406 g/mol. The number of aromatic nitrogens is 3. The predicted molar refractivity (Wildman–Crippen MR) is 122 cm³/mol. The van der Waals surface area contributed by atoms with Crippen LogP contribution in [-0.2, 0) is 6.54 Å². The SMILES string of the molecule is COc1ccc(C(=O)C(Cn2cncn2)C(Sc2ccccc2)c2ccccc2)cc1. The molecule has 156 valence electrons. The Labute approximate surface area is 186 Å². The first kappa shape index (κ1) is 20.9. The molecule has 6 heteroatoms. The molecule has 0 aliphatic rings. The quantitative estimate of drug-likeness (QED) is 0.266. The van der Waals surface area contributed by atoms with Crippen LogP contribution in [0.2, 0.25) is 0 Å². The van der Waals surface area contributed by atoms with Gasteiger partial charge in [-0.15, -0.1) is 11.8 Å². The zero-order valence-electron chi connectivity index (χ0n) is 17.2. The molecule has 0 aliphatic heterocycles. The second kappa shape index (κ2) is 10.1. The van der Waals surface area contributed by atoms with Gasteiger partial charge in [-0.25, -0.2) is 4.98 Å². The van der Waals surface area contributed by atoms with Crippen molar-refractivity contribution in [1.29, 1.82) is 0 Å². The fraction of sp³-hybridized carbons (Fsp3) is 0.160. The van der Waals surface area contributed by atoms with Crippen molar-refractivity contribution in [1.82, 2.24) is 14.8 Å². The molecule has 31 heavy (non-hydrogen) atoms. The number of carbonyl (C=O) groups excluding carboxylic acids is 1. The van der Waals surface area contributed by atoms with Gasteiger partial charge in [0.15, 0.2) is 5.78 Å². The van der Waals surface area contributed by atoms with E-state index in [4.69, 9.17) is 4.74 Å². The van der Waals surface area contributed by atoms with E-state index in [0.29, 0.717) is 12.1 Å². The second-order valence-electron chi connectivity index (χ2n) is 7.08. The van der Waals surface area contributed by atoms with Crippen molar-refractivity contribution in [3.63, 3.8) is 0 Å². The van der Waals surface area contributed by atoms with Crippen molar-refractivity contribution in [2.75, 3.05) is 7.11 Å². The van der Waals surface area contributed by atoms with Gasteiger partial charge >= 0.3 is 0 Å². The van der Waals surface area contributed by atoms with Crippen LogP contribution < -0.4 is 4.74 Å². The highest BCUT2D eigenvalue weighted by molar-refractivity contribution is 7.99. The number of hydrogen-bond donors (Lipinski definition) is 0. The first-order chi connectivity index (χ1) is 15.2. The summed E-state index contributed by atoms with van der Waals surface area (Å²) in [6.45, 7) is 0.435. The molecule has 1 heterocycles. The standard InChI is InChI=1S/C25H23N3O2S/c1-30-21-14-12-19(13-15-21)24(29)23(16-28-18-26-17-27-28)25(20-8-4-2-5-9-20)31-22-10-6-3-7-11-22/h2-15,17-18,23,25H,16H2,1H3. The average Bonchev–Trinajstić information content (AvgIpc) is 3.35. The Bertz CT molecular complexity index is 1080. The number of ketones is 1. The minimum Gasteiger partial charge on any atom is -0.497 e. The molecule has 0 saturated carbocycles. The lowest BCUT2D eigenvalue weighted by Crippen LogP contribution is -2.26. The molecule has 4 rings (SSSR count). The highest BCUT2D eigenvalue weighted by atomic mass is 32.2. The van der Waals surface area contributed by atoms with Gasteiger partial charge in [-0.1, -0.05) is 48.5 Å². The largest absolute Gasteiger partial charge is 0.497 e. The van der Waals surface area contributed by atoms with Crippen molar-refractivity contribution in [2.45, 2.75) is 16.7 Å². The van der Waals surface area contributed by atoms with Crippen LogP contribution in [0.15, 0.2) is 102 Å². The molecule has 0 bridgehead atoms. The van der Waals surface area contributed by atoms with E-state index in [-0.39, 0.29) is 17.0 Å². The van der Waals surface area contributed by atoms with Gasteiger partial charge < -0.3 is 4.74 Å². The zero-order chi connectivity index (χ0) is 21.5. The number of nitrogens with zero attached hydrogens (tertiary/aromatic N) is 3. The van der Waals surface area contributed by atoms with E-state index in [1.54, 1.807) is 29.9 Å². The maximum Gasteiger partial charge on any atom is 0.169 e. The molecule has 1 aromatic heterocycles. The first-order valence-electron chi connectivity index (χ1n) is 10.0. The van der Waals surface area contributed by atoms with Crippen molar-refractivity contribution in [3.05, 3.63) is 109 Å². The van der Waals surface area contributed by atoms with Gasteiger partial charge in [0.1, 0.15) is 18.4 Å². The molecule has 0 amide bonds. The number of Topliss-reactive ketones (excluding diaryl/α,β-unsaturated/α-hetero) is 1. The molecule has 0 fully saturated rings. The third-order valence-electron chi connectivity index (χ3n) is 5.06. The van der Waals surface area contributed by atoms with Gasteiger partial charge in [0, 0.05) is 15.7 Å². The lowest BCUT2D eigenvalue weighted by molar-refractivity contribution is 0.0901. The fourth-order valence-electron chi connectivity index (χ4n) is 3.48. The zero-order valence-corrected chi connectivity index (χ0v) is 18.0. The lowest BCUT2D eigenvalue weighted by Gasteiger charge is -2.26. The van der Waals surface area contributed by atoms with Crippen LogP contribution in [0.5, 0.6) is 5.75 Å². The molecule has 2 unspecified atom stereocenters. The molecule has 0 saturated heterocycles.